The van der Waals surface area contributed by atoms with Gasteiger partial charge in [-0.05, 0) is 12.1 Å². The lowest BCUT2D eigenvalue weighted by Gasteiger charge is -2.06. The van der Waals surface area contributed by atoms with Crippen LogP contribution in [0.15, 0.2) is 29.4 Å². The minimum Gasteiger partial charge on any atom is -0.740 e. The predicted octanol–water partition coefficient (Wildman–Crippen LogP) is 2.04. The molecule has 1 heterocycles. The number of hydrogen-bond donors (Lipinski definition) is 0. The molecule has 0 amide bonds. The lowest BCUT2D eigenvalue weighted by atomic mass is 10.2. The Morgan fingerprint density at radius 3 is 2.57 bits per heavy atom. The Hall–Kier alpha value is -1.13. The summed E-state index contributed by atoms with van der Waals surface area (Å²) in [4.78, 5) is 0. The van der Waals surface area contributed by atoms with Crippen LogP contribution >= 0.6 is 11.6 Å². The highest BCUT2D eigenvalue weighted by Crippen LogP contribution is 2.25. The molecule has 0 bridgehead atoms. The molecule has 0 atom stereocenters. The second kappa shape index (κ2) is 3.55. The van der Waals surface area contributed by atoms with Gasteiger partial charge in [0.05, 0.1) is 5.02 Å². The fraction of sp³-hybridized carbons (Fsp3) is 0.111. The van der Waals surface area contributed by atoms with Crippen molar-refractivity contribution in [3.05, 3.63) is 29.3 Å². The van der Waals surface area contributed by atoms with E-state index in [9.17, 15) is 0 Å². The molecule has 0 saturated heterocycles. The van der Waals surface area contributed by atoms with Crippen molar-refractivity contribution in [3.8, 4) is 11.4 Å². The molecule has 0 aliphatic rings. The van der Waals surface area contributed by atoms with Crippen LogP contribution in [0.5, 0.6) is 0 Å². The number of benzene rings is 1. The summed E-state index contributed by atoms with van der Waals surface area (Å²) in [5.74, 6) is 0.695. The molecule has 0 fully saturated rings. The van der Waals surface area contributed by atoms with E-state index >= 15 is 0 Å². The fourth-order valence-electron chi connectivity index (χ4n) is 1.19. The largest absolute Gasteiger partial charge is 0.740 e. The third kappa shape index (κ3) is 1.47. The van der Waals surface area contributed by atoms with Crippen LogP contribution in [0.1, 0.15) is 0 Å². The van der Waals surface area contributed by atoms with Crippen molar-refractivity contribution >= 4 is 24.2 Å². The molecule has 14 heavy (non-hydrogen) atoms. The molecule has 2 rings (SSSR count). The van der Waals surface area contributed by atoms with Gasteiger partial charge in [-0.1, -0.05) is 23.7 Å². The van der Waals surface area contributed by atoms with Crippen LogP contribution in [0.3, 0.4) is 0 Å². The van der Waals surface area contributed by atoms with Gasteiger partial charge in [0, 0.05) is 17.8 Å². The van der Waals surface area contributed by atoms with Gasteiger partial charge in [0.1, 0.15) is 0 Å². The van der Waals surface area contributed by atoms with Gasteiger partial charge in [0.25, 0.3) is 0 Å². The molecule has 0 unspecified atom stereocenters. The normalized spacial score (nSPS) is 10.4. The highest BCUT2D eigenvalue weighted by molar-refractivity contribution is 7.58. The second-order valence-electron chi connectivity index (χ2n) is 2.85. The monoisotopic (exact) mass is 224 g/mol. The van der Waals surface area contributed by atoms with Crippen LogP contribution in [0.2, 0.25) is 5.02 Å². The van der Waals surface area contributed by atoms with Crippen molar-refractivity contribution < 1.29 is 0 Å². The molecule has 2 aromatic rings. The molecular weight excluding hydrogens is 218 g/mol. The summed E-state index contributed by atoms with van der Waals surface area (Å²) in [5.41, 5.74) is 0.847. The lowest BCUT2D eigenvalue weighted by Crippen LogP contribution is -1.94. The summed E-state index contributed by atoms with van der Waals surface area (Å²) >= 11 is 11.0. The number of nitrogens with zero attached hydrogens (tertiary/aromatic N) is 3. The maximum absolute atomic E-state index is 6.02. The van der Waals surface area contributed by atoms with Gasteiger partial charge in [0.15, 0.2) is 5.82 Å². The third-order valence-corrected chi connectivity index (χ3v) is 2.63. The van der Waals surface area contributed by atoms with Gasteiger partial charge >= 0.3 is 0 Å². The Labute approximate surface area is 92.1 Å². The summed E-state index contributed by atoms with van der Waals surface area (Å²) in [6.45, 7) is 0. The molecule has 0 spiro atoms. The average molecular weight is 225 g/mol. The summed E-state index contributed by atoms with van der Waals surface area (Å²) in [6.07, 6.45) is 0. The molecule has 3 nitrogen and oxygen atoms in total. The third-order valence-electron chi connectivity index (χ3n) is 1.95. The highest BCUT2D eigenvalue weighted by Gasteiger charge is 2.07. The molecule has 0 aliphatic heterocycles. The van der Waals surface area contributed by atoms with E-state index in [0.29, 0.717) is 16.0 Å². The van der Waals surface area contributed by atoms with E-state index in [0.717, 1.165) is 5.56 Å². The smallest absolute Gasteiger partial charge is 0.163 e. The van der Waals surface area contributed by atoms with E-state index in [2.05, 4.69) is 10.2 Å². The maximum atomic E-state index is 6.02. The number of hydrogen-bond acceptors (Lipinski definition) is 3. The van der Waals surface area contributed by atoms with Gasteiger partial charge < -0.3 is 17.2 Å². The van der Waals surface area contributed by atoms with Gasteiger partial charge in [-0.25, -0.2) is 0 Å². The van der Waals surface area contributed by atoms with E-state index in [1.54, 1.807) is 4.57 Å². The van der Waals surface area contributed by atoms with Gasteiger partial charge in [0.2, 0.25) is 0 Å². The average Bonchev–Trinajstić information content (AvgIpc) is 2.49. The summed E-state index contributed by atoms with van der Waals surface area (Å²) < 4.78 is 1.73. The summed E-state index contributed by atoms with van der Waals surface area (Å²) in [5, 5.41) is 8.88. The van der Waals surface area contributed by atoms with Crippen molar-refractivity contribution in [1.82, 2.24) is 14.8 Å². The van der Waals surface area contributed by atoms with Crippen LogP contribution in [-0.4, -0.2) is 14.8 Å². The molecule has 5 heteroatoms. The molecule has 1 aromatic carbocycles. The minimum atomic E-state index is 0.458. The van der Waals surface area contributed by atoms with Crippen LogP contribution in [0.25, 0.3) is 11.4 Å². The summed E-state index contributed by atoms with van der Waals surface area (Å²) in [7, 11) is 1.82. The molecule has 72 valence electrons. The van der Waals surface area contributed by atoms with Crippen LogP contribution in [0, 0.1) is 0 Å². The van der Waals surface area contributed by atoms with Crippen molar-refractivity contribution in [1.29, 1.82) is 0 Å². The first-order valence-corrected chi connectivity index (χ1v) is 4.80. The standard InChI is InChI=1S/C9H8ClN3S/c1-13-8(11-12-9(13)14)6-4-2-3-5-7(6)10/h2-5H,1H3,(H,12,14)/p-1. The fourth-order valence-corrected chi connectivity index (χ4v) is 1.54. The van der Waals surface area contributed by atoms with Crippen LogP contribution in [-0.2, 0) is 19.7 Å². The minimum absolute atomic E-state index is 0.458. The van der Waals surface area contributed by atoms with Gasteiger partial charge in [-0.3, -0.25) is 0 Å². The first-order chi connectivity index (χ1) is 6.70. The Bertz CT molecular complexity index is 467. The first kappa shape index (κ1) is 9.43. The maximum Gasteiger partial charge on any atom is 0.163 e. The molecular formula is C9H7ClN3S-. The van der Waals surface area contributed by atoms with Crippen molar-refractivity contribution in [2.45, 2.75) is 5.16 Å². The topological polar surface area (TPSA) is 30.7 Å². The zero-order valence-corrected chi connectivity index (χ0v) is 9.01. The van der Waals surface area contributed by atoms with Crippen LogP contribution < -0.4 is 0 Å². The first-order valence-electron chi connectivity index (χ1n) is 4.01. The lowest BCUT2D eigenvalue weighted by molar-refractivity contribution is 0.797. The van der Waals surface area contributed by atoms with E-state index < -0.39 is 0 Å². The molecule has 0 N–H and O–H groups in total. The Morgan fingerprint density at radius 1 is 1.29 bits per heavy atom. The molecule has 0 saturated carbocycles. The quantitative estimate of drug-likeness (QED) is 0.695. The van der Waals surface area contributed by atoms with E-state index in [1.807, 2.05) is 31.3 Å². The van der Waals surface area contributed by atoms with Crippen LogP contribution in [0.4, 0.5) is 0 Å². The predicted molar refractivity (Wildman–Crippen MR) is 57.1 cm³/mol. The van der Waals surface area contributed by atoms with Crippen molar-refractivity contribution in [3.63, 3.8) is 0 Å². The Balaban J connectivity index is 2.60. The SMILES string of the molecule is Cn1c([S-])nnc1-c1ccccc1Cl. The highest BCUT2D eigenvalue weighted by atomic mass is 35.5. The zero-order valence-electron chi connectivity index (χ0n) is 7.44. The summed E-state index contributed by atoms with van der Waals surface area (Å²) in [6, 6.07) is 7.48. The van der Waals surface area contributed by atoms with E-state index in [-0.39, 0.29) is 0 Å². The van der Waals surface area contributed by atoms with Crippen molar-refractivity contribution in [2.75, 3.05) is 0 Å². The zero-order chi connectivity index (χ0) is 10.1. The molecule has 0 radical (unpaired) electrons. The second-order valence-corrected chi connectivity index (χ2v) is 3.62. The van der Waals surface area contributed by atoms with E-state index in [1.165, 1.54) is 0 Å². The number of aromatic nitrogens is 3. The molecule has 0 aliphatic carbocycles. The Kier molecular flexibility index (Phi) is 2.39. The Morgan fingerprint density at radius 2 is 2.00 bits per heavy atom. The van der Waals surface area contributed by atoms with Gasteiger partial charge in [-0.2, -0.15) is 5.10 Å². The van der Waals surface area contributed by atoms with Gasteiger partial charge in [-0.15, -0.1) is 5.10 Å². The number of halogens is 1. The molecule has 1 aromatic heterocycles. The van der Waals surface area contributed by atoms with E-state index in [4.69, 9.17) is 24.2 Å². The number of rotatable bonds is 1. The van der Waals surface area contributed by atoms with Crippen molar-refractivity contribution in [2.24, 2.45) is 7.05 Å².